The third kappa shape index (κ3) is 5.48. The Morgan fingerprint density at radius 3 is 2.19 bits per heavy atom. The van der Waals surface area contributed by atoms with Crippen LogP contribution in [-0.4, -0.2) is 30.2 Å². The van der Waals surface area contributed by atoms with Gasteiger partial charge in [0.25, 0.3) is 0 Å². The van der Waals surface area contributed by atoms with E-state index in [2.05, 4.69) is 10.6 Å². The van der Waals surface area contributed by atoms with Gasteiger partial charge in [-0.1, -0.05) is 13.8 Å². The number of nitrogens with one attached hydrogen (secondary N) is 2. The maximum absolute atomic E-state index is 11.5. The molecule has 0 bridgehead atoms. The van der Waals surface area contributed by atoms with E-state index in [4.69, 9.17) is 0 Å². The van der Waals surface area contributed by atoms with Gasteiger partial charge in [-0.3, -0.25) is 14.4 Å². The van der Waals surface area contributed by atoms with Crippen molar-refractivity contribution in [1.29, 1.82) is 0 Å². The summed E-state index contributed by atoms with van der Waals surface area (Å²) >= 11 is 0. The lowest BCUT2D eigenvalue weighted by Gasteiger charge is -2.20. The second-order valence-electron chi connectivity index (χ2n) is 4.31. The Bertz CT molecular complexity index is 264. The predicted molar refractivity (Wildman–Crippen MR) is 60.7 cm³/mol. The summed E-state index contributed by atoms with van der Waals surface area (Å²) in [6.45, 7) is 6.98. The average molecular weight is 228 g/mol. The van der Waals surface area contributed by atoms with Crippen LogP contribution in [0.1, 0.15) is 34.1 Å². The standard InChI is InChI=1S/C11H20N2O3/c1-7(2)5-10(9(4)15)13-11(16)8(3)12-6-14/h6-8,10H,5H2,1-4H3,(H,12,14)(H,13,16). The zero-order valence-corrected chi connectivity index (χ0v) is 10.2. The van der Waals surface area contributed by atoms with Crippen LogP contribution < -0.4 is 10.6 Å². The molecule has 0 radical (unpaired) electrons. The fourth-order valence-electron chi connectivity index (χ4n) is 1.27. The number of rotatable bonds is 7. The van der Waals surface area contributed by atoms with E-state index in [-0.39, 0.29) is 11.7 Å². The van der Waals surface area contributed by atoms with Crippen LogP contribution in [0.5, 0.6) is 0 Å². The summed E-state index contributed by atoms with van der Waals surface area (Å²) in [6.07, 6.45) is 1.07. The first-order valence-corrected chi connectivity index (χ1v) is 5.39. The van der Waals surface area contributed by atoms with Crippen LogP contribution in [0.3, 0.4) is 0 Å². The fraction of sp³-hybridized carbons (Fsp3) is 0.727. The maximum atomic E-state index is 11.5. The van der Waals surface area contributed by atoms with Gasteiger partial charge in [-0.05, 0) is 26.2 Å². The molecule has 16 heavy (non-hydrogen) atoms. The highest BCUT2D eigenvalue weighted by atomic mass is 16.2. The monoisotopic (exact) mass is 228 g/mol. The smallest absolute Gasteiger partial charge is 0.242 e. The second-order valence-corrected chi connectivity index (χ2v) is 4.31. The van der Waals surface area contributed by atoms with Crippen molar-refractivity contribution in [3.05, 3.63) is 0 Å². The maximum Gasteiger partial charge on any atom is 0.242 e. The van der Waals surface area contributed by atoms with E-state index in [9.17, 15) is 14.4 Å². The molecule has 5 nitrogen and oxygen atoms in total. The topological polar surface area (TPSA) is 75.3 Å². The average Bonchev–Trinajstić information content (AvgIpc) is 2.16. The van der Waals surface area contributed by atoms with Gasteiger partial charge in [0.1, 0.15) is 6.04 Å². The number of hydrogen-bond acceptors (Lipinski definition) is 3. The van der Waals surface area contributed by atoms with Gasteiger partial charge in [-0.25, -0.2) is 0 Å². The van der Waals surface area contributed by atoms with Gasteiger partial charge < -0.3 is 10.6 Å². The highest BCUT2D eigenvalue weighted by Crippen LogP contribution is 2.05. The van der Waals surface area contributed by atoms with E-state index in [1.807, 2.05) is 13.8 Å². The number of hydrogen-bond donors (Lipinski definition) is 2. The molecule has 0 heterocycles. The molecule has 0 aliphatic heterocycles. The molecule has 5 heteroatoms. The van der Waals surface area contributed by atoms with Gasteiger partial charge in [-0.15, -0.1) is 0 Å². The molecule has 0 aromatic heterocycles. The molecule has 0 saturated carbocycles. The second kappa shape index (κ2) is 6.98. The number of Topliss-reactive ketones (excluding diaryl/α,β-unsaturated/α-hetero) is 1. The summed E-state index contributed by atoms with van der Waals surface area (Å²) in [6, 6.07) is -1.09. The van der Waals surface area contributed by atoms with E-state index >= 15 is 0 Å². The molecule has 0 aliphatic carbocycles. The summed E-state index contributed by atoms with van der Waals surface area (Å²) in [5.41, 5.74) is 0. The summed E-state index contributed by atoms with van der Waals surface area (Å²) in [5.74, 6) is -0.0863. The SMILES string of the molecule is CC(=O)C(CC(C)C)NC(=O)C(C)NC=O. The predicted octanol–water partition coefficient (Wildman–Crippen LogP) is 0.241. The number of ketones is 1. The first-order chi connectivity index (χ1) is 7.38. The largest absolute Gasteiger partial charge is 0.347 e. The Morgan fingerprint density at radius 1 is 1.25 bits per heavy atom. The Labute approximate surface area is 96.0 Å². The molecule has 2 N–H and O–H groups in total. The molecule has 0 aromatic carbocycles. The molecule has 0 aromatic rings. The molecule has 0 fully saturated rings. The van der Waals surface area contributed by atoms with Crippen molar-refractivity contribution in [2.75, 3.05) is 0 Å². The molecular weight excluding hydrogens is 208 g/mol. The molecule has 2 amide bonds. The normalized spacial score (nSPS) is 14.1. The third-order valence-electron chi connectivity index (χ3n) is 2.23. The third-order valence-corrected chi connectivity index (χ3v) is 2.23. The zero-order valence-electron chi connectivity index (χ0n) is 10.2. The molecule has 2 atom stereocenters. The van der Waals surface area contributed by atoms with Crippen molar-refractivity contribution < 1.29 is 14.4 Å². The molecule has 0 rings (SSSR count). The van der Waals surface area contributed by atoms with E-state index < -0.39 is 12.1 Å². The first-order valence-electron chi connectivity index (χ1n) is 5.39. The van der Waals surface area contributed by atoms with Crippen LogP contribution in [0.2, 0.25) is 0 Å². The van der Waals surface area contributed by atoms with Crippen LogP contribution in [0.15, 0.2) is 0 Å². The van der Waals surface area contributed by atoms with Crippen LogP contribution in [0, 0.1) is 5.92 Å². The summed E-state index contributed by atoms with van der Waals surface area (Å²) in [5, 5.41) is 4.96. The minimum absolute atomic E-state index is 0.0691. The molecule has 0 saturated heterocycles. The lowest BCUT2D eigenvalue weighted by Crippen LogP contribution is -2.48. The van der Waals surface area contributed by atoms with Crippen molar-refractivity contribution in [3.63, 3.8) is 0 Å². The van der Waals surface area contributed by atoms with Crippen molar-refractivity contribution >= 4 is 18.1 Å². The van der Waals surface area contributed by atoms with Crippen molar-refractivity contribution in [3.8, 4) is 0 Å². The van der Waals surface area contributed by atoms with Crippen molar-refractivity contribution in [1.82, 2.24) is 10.6 Å². The Kier molecular flexibility index (Phi) is 6.37. The van der Waals surface area contributed by atoms with E-state index in [0.717, 1.165) is 0 Å². The van der Waals surface area contributed by atoms with Crippen molar-refractivity contribution in [2.24, 2.45) is 5.92 Å². The summed E-state index contributed by atoms with van der Waals surface area (Å²) < 4.78 is 0. The van der Waals surface area contributed by atoms with E-state index in [0.29, 0.717) is 18.7 Å². The molecule has 2 unspecified atom stereocenters. The Morgan fingerprint density at radius 2 is 1.81 bits per heavy atom. The van der Waals surface area contributed by atoms with Gasteiger partial charge in [-0.2, -0.15) is 0 Å². The Balaban J connectivity index is 4.33. The Hall–Kier alpha value is -1.39. The quantitative estimate of drug-likeness (QED) is 0.613. The van der Waals surface area contributed by atoms with Gasteiger partial charge in [0.05, 0.1) is 6.04 Å². The highest BCUT2D eigenvalue weighted by Gasteiger charge is 2.21. The van der Waals surface area contributed by atoms with Crippen LogP contribution in [0.4, 0.5) is 0 Å². The molecule has 92 valence electrons. The number of carbonyl (C=O) groups excluding carboxylic acids is 3. The van der Waals surface area contributed by atoms with Crippen LogP contribution in [-0.2, 0) is 14.4 Å². The summed E-state index contributed by atoms with van der Waals surface area (Å²) in [7, 11) is 0. The van der Waals surface area contributed by atoms with Gasteiger partial charge in [0.15, 0.2) is 5.78 Å². The summed E-state index contributed by atoms with van der Waals surface area (Å²) in [4.78, 5) is 33.0. The molecular formula is C11H20N2O3. The van der Waals surface area contributed by atoms with Gasteiger partial charge in [0.2, 0.25) is 12.3 Å². The molecule has 0 spiro atoms. The highest BCUT2D eigenvalue weighted by molar-refractivity contribution is 5.90. The van der Waals surface area contributed by atoms with Crippen molar-refractivity contribution in [2.45, 2.75) is 46.2 Å². The van der Waals surface area contributed by atoms with Crippen LogP contribution in [0.25, 0.3) is 0 Å². The first kappa shape index (κ1) is 14.6. The van der Waals surface area contributed by atoms with Gasteiger partial charge in [0, 0.05) is 0 Å². The van der Waals surface area contributed by atoms with Crippen LogP contribution >= 0.6 is 0 Å². The zero-order chi connectivity index (χ0) is 12.7. The lowest BCUT2D eigenvalue weighted by atomic mass is 10.0. The lowest BCUT2D eigenvalue weighted by molar-refractivity contribution is -0.129. The van der Waals surface area contributed by atoms with E-state index in [1.165, 1.54) is 6.92 Å². The minimum Gasteiger partial charge on any atom is -0.347 e. The number of carbonyl (C=O) groups is 3. The fourth-order valence-corrected chi connectivity index (χ4v) is 1.27. The number of amides is 2. The minimum atomic E-state index is -0.619. The van der Waals surface area contributed by atoms with E-state index in [1.54, 1.807) is 6.92 Å². The van der Waals surface area contributed by atoms with Gasteiger partial charge >= 0.3 is 0 Å². The molecule has 0 aliphatic rings.